The molecule has 0 aliphatic heterocycles. The third kappa shape index (κ3) is 2.76. The maximum atomic E-state index is 11.8. The number of aromatic nitrogens is 2. The van der Waals surface area contributed by atoms with Crippen molar-refractivity contribution >= 4 is 21.8 Å². The summed E-state index contributed by atoms with van der Waals surface area (Å²) in [5.74, 6) is 0.551. The van der Waals surface area contributed by atoms with Gasteiger partial charge in [0, 0.05) is 13.2 Å². The second kappa shape index (κ2) is 4.75. The summed E-state index contributed by atoms with van der Waals surface area (Å²) in [4.78, 5) is 11.8. The lowest BCUT2D eigenvalue weighted by atomic mass is 10.2. The smallest absolute Gasteiger partial charge is 0.255 e. The van der Waals surface area contributed by atoms with Crippen molar-refractivity contribution in [2.24, 2.45) is 7.05 Å². The van der Waals surface area contributed by atoms with E-state index in [1.54, 1.807) is 37.0 Å². The van der Waals surface area contributed by atoms with Crippen molar-refractivity contribution in [1.82, 2.24) is 15.1 Å². The normalized spacial score (nSPS) is 10.5. The minimum atomic E-state index is -0.150. The predicted molar refractivity (Wildman–Crippen MR) is 65.5 cm³/mol. The number of furan rings is 1. The average Bonchev–Trinajstić information content (AvgIpc) is 2.81. The largest absolute Gasteiger partial charge is 0.452 e. The lowest BCUT2D eigenvalue weighted by Crippen LogP contribution is -2.22. The molecule has 0 spiro atoms. The van der Waals surface area contributed by atoms with Gasteiger partial charge in [-0.15, -0.1) is 0 Å². The van der Waals surface area contributed by atoms with E-state index in [-0.39, 0.29) is 5.91 Å². The van der Waals surface area contributed by atoms with Crippen molar-refractivity contribution in [2.45, 2.75) is 13.5 Å². The number of rotatable bonds is 3. The van der Waals surface area contributed by atoms with Gasteiger partial charge in [0.25, 0.3) is 5.91 Å². The molecule has 1 amide bonds. The van der Waals surface area contributed by atoms with Gasteiger partial charge in [0.15, 0.2) is 4.67 Å². The van der Waals surface area contributed by atoms with Gasteiger partial charge in [-0.3, -0.25) is 9.48 Å². The highest BCUT2D eigenvalue weighted by Gasteiger charge is 2.12. The minimum absolute atomic E-state index is 0.150. The minimum Gasteiger partial charge on any atom is -0.452 e. The zero-order chi connectivity index (χ0) is 12.4. The van der Waals surface area contributed by atoms with Gasteiger partial charge in [-0.1, -0.05) is 0 Å². The van der Waals surface area contributed by atoms with Gasteiger partial charge in [0.1, 0.15) is 5.76 Å². The Labute approximate surface area is 107 Å². The van der Waals surface area contributed by atoms with Crippen LogP contribution in [0.3, 0.4) is 0 Å². The molecule has 2 aromatic rings. The molecule has 6 heteroatoms. The van der Waals surface area contributed by atoms with Crippen LogP contribution in [0, 0.1) is 6.92 Å². The molecule has 0 aliphatic rings. The predicted octanol–water partition coefficient (Wildman–Crippen LogP) is 2.01. The van der Waals surface area contributed by atoms with Crippen LogP contribution in [-0.2, 0) is 13.6 Å². The molecule has 1 N–H and O–H groups in total. The first kappa shape index (κ1) is 11.9. The van der Waals surface area contributed by atoms with Crippen molar-refractivity contribution in [1.29, 1.82) is 0 Å². The second-order valence-corrected chi connectivity index (χ2v) is 4.47. The zero-order valence-electron chi connectivity index (χ0n) is 9.53. The molecule has 2 aromatic heterocycles. The van der Waals surface area contributed by atoms with E-state index in [2.05, 4.69) is 26.3 Å². The van der Waals surface area contributed by atoms with Gasteiger partial charge in [0.2, 0.25) is 0 Å². The molecule has 0 unspecified atom stereocenters. The van der Waals surface area contributed by atoms with Gasteiger partial charge in [-0.25, -0.2) is 0 Å². The molecular weight excluding hydrogens is 286 g/mol. The number of carbonyl (C=O) groups excluding carboxylic acids is 1. The Hall–Kier alpha value is -1.56. The molecular formula is C11H12BrN3O2. The van der Waals surface area contributed by atoms with E-state index < -0.39 is 0 Å². The Morgan fingerprint density at radius 3 is 2.88 bits per heavy atom. The summed E-state index contributed by atoms with van der Waals surface area (Å²) in [5.41, 5.74) is 1.30. The summed E-state index contributed by atoms with van der Waals surface area (Å²) in [7, 11) is 1.79. The highest BCUT2D eigenvalue weighted by molar-refractivity contribution is 9.10. The fourth-order valence-electron chi connectivity index (χ4n) is 1.53. The number of amides is 1. The third-order valence-electron chi connectivity index (χ3n) is 2.31. The number of nitrogens with zero attached hydrogens (tertiary/aromatic N) is 2. The van der Waals surface area contributed by atoms with E-state index in [1.165, 1.54) is 0 Å². The number of carbonyl (C=O) groups is 1. The molecule has 0 saturated carbocycles. The number of aryl methyl sites for hydroxylation is 2. The monoisotopic (exact) mass is 297 g/mol. The van der Waals surface area contributed by atoms with Gasteiger partial charge in [-0.2, -0.15) is 5.10 Å². The van der Waals surface area contributed by atoms with Gasteiger partial charge in [-0.05, 0) is 35.0 Å². The van der Waals surface area contributed by atoms with Crippen molar-refractivity contribution in [3.8, 4) is 0 Å². The standard InChI is InChI=1S/C11H12BrN3O2/c1-7-9(6-15(2)14-7)11(16)13-5-8-3-4-10(12)17-8/h3-4,6H,5H2,1-2H3,(H,13,16). The highest BCUT2D eigenvalue weighted by Crippen LogP contribution is 2.14. The van der Waals surface area contributed by atoms with Crippen LogP contribution in [0.2, 0.25) is 0 Å². The summed E-state index contributed by atoms with van der Waals surface area (Å²) in [6.07, 6.45) is 1.70. The molecule has 0 radical (unpaired) electrons. The summed E-state index contributed by atoms with van der Waals surface area (Å²) in [5, 5.41) is 6.89. The molecule has 0 aromatic carbocycles. The molecule has 0 bridgehead atoms. The highest BCUT2D eigenvalue weighted by atomic mass is 79.9. The van der Waals surface area contributed by atoms with E-state index in [0.29, 0.717) is 28.2 Å². The van der Waals surface area contributed by atoms with Crippen molar-refractivity contribution in [2.75, 3.05) is 0 Å². The van der Waals surface area contributed by atoms with Crippen LogP contribution in [0.15, 0.2) is 27.4 Å². The maximum absolute atomic E-state index is 11.8. The van der Waals surface area contributed by atoms with E-state index in [1.807, 2.05) is 0 Å². The zero-order valence-corrected chi connectivity index (χ0v) is 11.1. The van der Waals surface area contributed by atoms with E-state index in [0.717, 1.165) is 0 Å². The lowest BCUT2D eigenvalue weighted by molar-refractivity contribution is 0.0947. The second-order valence-electron chi connectivity index (χ2n) is 3.69. The van der Waals surface area contributed by atoms with E-state index >= 15 is 0 Å². The van der Waals surface area contributed by atoms with E-state index in [9.17, 15) is 4.79 Å². The molecule has 17 heavy (non-hydrogen) atoms. The fourth-order valence-corrected chi connectivity index (χ4v) is 1.87. The topological polar surface area (TPSA) is 60.1 Å². The van der Waals surface area contributed by atoms with Crippen LogP contribution >= 0.6 is 15.9 Å². The molecule has 0 saturated heterocycles. The maximum Gasteiger partial charge on any atom is 0.255 e. The molecule has 90 valence electrons. The van der Waals surface area contributed by atoms with Crippen molar-refractivity contribution in [3.05, 3.63) is 40.0 Å². The summed E-state index contributed by atoms with van der Waals surface area (Å²) >= 11 is 3.21. The Kier molecular flexibility index (Phi) is 3.33. The van der Waals surface area contributed by atoms with Crippen molar-refractivity contribution < 1.29 is 9.21 Å². The first-order valence-corrected chi connectivity index (χ1v) is 5.88. The third-order valence-corrected chi connectivity index (χ3v) is 2.74. The quantitative estimate of drug-likeness (QED) is 0.943. The molecule has 0 fully saturated rings. The van der Waals surface area contributed by atoms with Crippen LogP contribution in [0.1, 0.15) is 21.8 Å². The van der Waals surface area contributed by atoms with Crippen molar-refractivity contribution in [3.63, 3.8) is 0 Å². The van der Waals surface area contributed by atoms with Crippen LogP contribution in [0.4, 0.5) is 0 Å². The summed E-state index contributed by atoms with van der Waals surface area (Å²) in [6, 6.07) is 3.59. The molecule has 2 heterocycles. The Balaban J connectivity index is 2.00. The Morgan fingerprint density at radius 1 is 1.59 bits per heavy atom. The van der Waals surface area contributed by atoms with Gasteiger partial charge >= 0.3 is 0 Å². The van der Waals surface area contributed by atoms with Gasteiger partial charge in [0.05, 0.1) is 17.8 Å². The Bertz CT molecular complexity index is 545. The Morgan fingerprint density at radius 2 is 2.35 bits per heavy atom. The van der Waals surface area contributed by atoms with Crippen LogP contribution in [0.25, 0.3) is 0 Å². The number of halogens is 1. The fraction of sp³-hybridized carbons (Fsp3) is 0.273. The van der Waals surface area contributed by atoms with Crippen LogP contribution in [0.5, 0.6) is 0 Å². The first-order valence-electron chi connectivity index (χ1n) is 5.09. The SMILES string of the molecule is Cc1nn(C)cc1C(=O)NCc1ccc(Br)o1. The first-order chi connectivity index (χ1) is 8.06. The molecule has 5 nitrogen and oxygen atoms in total. The molecule has 0 atom stereocenters. The number of hydrogen-bond acceptors (Lipinski definition) is 3. The summed E-state index contributed by atoms with van der Waals surface area (Å²) in [6.45, 7) is 2.16. The number of nitrogens with one attached hydrogen (secondary N) is 1. The van der Waals surface area contributed by atoms with Crippen LogP contribution in [-0.4, -0.2) is 15.7 Å². The van der Waals surface area contributed by atoms with E-state index in [4.69, 9.17) is 4.42 Å². The lowest BCUT2D eigenvalue weighted by Gasteiger charge is -2.01. The number of hydrogen-bond donors (Lipinski definition) is 1. The average molecular weight is 298 g/mol. The van der Waals surface area contributed by atoms with Gasteiger partial charge < -0.3 is 9.73 Å². The summed E-state index contributed by atoms with van der Waals surface area (Å²) < 4.78 is 7.56. The van der Waals surface area contributed by atoms with Crippen LogP contribution < -0.4 is 5.32 Å². The molecule has 0 aliphatic carbocycles. The molecule has 2 rings (SSSR count).